The molecule has 0 aliphatic rings. The summed E-state index contributed by atoms with van der Waals surface area (Å²) in [6, 6.07) is 0. The number of nitrogens with two attached hydrogens (primary N) is 1. The van der Waals surface area contributed by atoms with Gasteiger partial charge in [0, 0.05) is 13.6 Å². The van der Waals surface area contributed by atoms with E-state index < -0.39 is 0 Å². The molecule has 0 radical (unpaired) electrons. The van der Waals surface area contributed by atoms with Crippen LogP contribution in [-0.4, -0.2) is 33.8 Å². The molecule has 0 atom stereocenters. The molecule has 0 saturated heterocycles. The first-order chi connectivity index (χ1) is 6.72. The second-order valence-electron chi connectivity index (χ2n) is 3.05. The van der Waals surface area contributed by atoms with Gasteiger partial charge in [-0.2, -0.15) is 15.1 Å². The molecule has 0 aliphatic carbocycles. The van der Waals surface area contributed by atoms with Gasteiger partial charge in [-0.3, -0.25) is 5.10 Å². The Labute approximate surface area is 81.1 Å². The minimum absolute atomic E-state index is 0.261. The quantitative estimate of drug-likeness (QED) is 0.719. The summed E-state index contributed by atoms with van der Waals surface area (Å²) in [5, 5.41) is 7.57. The van der Waals surface area contributed by atoms with Crippen molar-refractivity contribution in [1.29, 1.82) is 0 Å². The smallest absolute Gasteiger partial charge is 0.224 e. The lowest BCUT2D eigenvalue weighted by Crippen LogP contribution is -2.18. The van der Waals surface area contributed by atoms with E-state index in [2.05, 4.69) is 20.2 Å². The molecule has 74 valence electrons. The SMILES string of the molecule is CCN(C)c1nc(N)nc2[nH]ncc12. The van der Waals surface area contributed by atoms with E-state index in [1.807, 2.05) is 18.9 Å². The molecule has 0 saturated carbocycles. The molecule has 6 heteroatoms. The molecule has 0 bridgehead atoms. The molecular formula is C8H12N6. The first kappa shape index (κ1) is 8.74. The Bertz CT molecular complexity index is 448. The first-order valence-corrected chi connectivity index (χ1v) is 4.40. The minimum Gasteiger partial charge on any atom is -0.368 e. The van der Waals surface area contributed by atoms with Crippen LogP contribution in [0.1, 0.15) is 6.92 Å². The summed E-state index contributed by atoms with van der Waals surface area (Å²) < 4.78 is 0. The monoisotopic (exact) mass is 192 g/mol. The third kappa shape index (κ3) is 1.24. The first-order valence-electron chi connectivity index (χ1n) is 4.40. The van der Waals surface area contributed by atoms with Crippen LogP contribution in [0.4, 0.5) is 11.8 Å². The van der Waals surface area contributed by atoms with Gasteiger partial charge >= 0.3 is 0 Å². The summed E-state index contributed by atoms with van der Waals surface area (Å²) in [5.74, 6) is 1.07. The molecule has 2 heterocycles. The molecule has 0 fully saturated rings. The van der Waals surface area contributed by atoms with Gasteiger partial charge in [-0.05, 0) is 6.92 Å². The fourth-order valence-corrected chi connectivity index (χ4v) is 1.28. The van der Waals surface area contributed by atoms with Gasteiger partial charge in [-0.1, -0.05) is 0 Å². The maximum absolute atomic E-state index is 5.58. The third-order valence-electron chi connectivity index (χ3n) is 2.14. The Hall–Kier alpha value is -1.85. The van der Waals surface area contributed by atoms with Crippen LogP contribution in [-0.2, 0) is 0 Å². The van der Waals surface area contributed by atoms with E-state index in [0.29, 0.717) is 5.65 Å². The van der Waals surface area contributed by atoms with Gasteiger partial charge in [-0.25, -0.2) is 0 Å². The molecule has 0 aliphatic heterocycles. The van der Waals surface area contributed by atoms with E-state index in [4.69, 9.17) is 5.73 Å². The predicted molar refractivity (Wildman–Crippen MR) is 55.0 cm³/mol. The van der Waals surface area contributed by atoms with Crippen molar-refractivity contribution in [3.63, 3.8) is 0 Å². The van der Waals surface area contributed by atoms with Crippen molar-refractivity contribution < 1.29 is 0 Å². The molecule has 0 spiro atoms. The number of rotatable bonds is 2. The van der Waals surface area contributed by atoms with Crippen LogP contribution in [0.2, 0.25) is 0 Å². The zero-order chi connectivity index (χ0) is 10.1. The average Bonchev–Trinajstić information content (AvgIpc) is 2.62. The molecule has 14 heavy (non-hydrogen) atoms. The van der Waals surface area contributed by atoms with Gasteiger partial charge in [0.1, 0.15) is 5.82 Å². The van der Waals surface area contributed by atoms with Crippen molar-refractivity contribution in [2.75, 3.05) is 24.2 Å². The van der Waals surface area contributed by atoms with Gasteiger partial charge in [-0.15, -0.1) is 0 Å². The summed E-state index contributed by atoms with van der Waals surface area (Å²) >= 11 is 0. The summed E-state index contributed by atoms with van der Waals surface area (Å²) in [6.07, 6.45) is 1.70. The highest BCUT2D eigenvalue weighted by Crippen LogP contribution is 2.21. The molecular weight excluding hydrogens is 180 g/mol. The number of fused-ring (bicyclic) bond motifs is 1. The van der Waals surface area contributed by atoms with Gasteiger partial charge in [0.15, 0.2) is 5.65 Å². The molecule has 2 aromatic rings. The number of aromatic amines is 1. The Balaban J connectivity index is 2.66. The fraction of sp³-hybridized carbons (Fsp3) is 0.375. The second-order valence-corrected chi connectivity index (χ2v) is 3.05. The molecule has 2 rings (SSSR count). The van der Waals surface area contributed by atoms with E-state index in [1.165, 1.54) is 0 Å². The van der Waals surface area contributed by atoms with E-state index in [0.717, 1.165) is 17.7 Å². The Morgan fingerprint density at radius 2 is 2.29 bits per heavy atom. The van der Waals surface area contributed by atoms with Gasteiger partial charge in [0.05, 0.1) is 11.6 Å². The van der Waals surface area contributed by atoms with Gasteiger partial charge < -0.3 is 10.6 Å². The number of anilines is 2. The van der Waals surface area contributed by atoms with Crippen molar-refractivity contribution in [2.24, 2.45) is 0 Å². The van der Waals surface area contributed by atoms with Crippen molar-refractivity contribution in [3.8, 4) is 0 Å². The number of hydrogen-bond donors (Lipinski definition) is 2. The molecule has 0 unspecified atom stereocenters. The van der Waals surface area contributed by atoms with E-state index in [1.54, 1.807) is 6.20 Å². The predicted octanol–water partition coefficient (Wildman–Crippen LogP) is 0.391. The van der Waals surface area contributed by atoms with Crippen molar-refractivity contribution >= 4 is 22.8 Å². The largest absolute Gasteiger partial charge is 0.368 e. The number of aromatic nitrogens is 4. The Morgan fingerprint density at radius 3 is 3.00 bits per heavy atom. The molecule has 2 aromatic heterocycles. The molecule has 0 aromatic carbocycles. The number of hydrogen-bond acceptors (Lipinski definition) is 5. The Kier molecular flexibility index (Phi) is 1.95. The summed E-state index contributed by atoms with van der Waals surface area (Å²) in [5.41, 5.74) is 6.25. The zero-order valence-corrected chi connectivity index (χ0v) is 8.15. The lowest BCUT2D eigenvalue weighted by molar-refractivity contribution is 0.942. The molecule has 3 N–H and O–H groups in total. The molecule has 0 amide bonds. The zero-order valence-electron chi connectivity index (χ0n) is 8.15. The average molecular weight is 192 g/mol. The lowest BCUT2D eigenvalue weighted by atomic mass is 10.3. The highest BCUT2D eigenvalue weighted by atomic mass is 15.2. The van der Waals surface area contributed by atoms with Gasteiger partial charge in [0.2, 0.25) is 5.95 Å². The number of nitrogen functional groups attached to an aromatic ring is 1. The van der Waals surface area contributed by atoms with Crippen molar-refractivity contribution in [1.82, 2.24) is 20.2 Å². The van der Waals surface area contributed by atoms with E-state index in [9.17, 15) is 0 Å². The maximum Gasteiger partial charge on any atom is 0.224 e. The summed E-state index contributed by atoms with van der Waals surface area (Å²) in [6.45, 7) is 2.90. The number of H-pyrrole nitrogens is 1. The van der Waals surface area contributed by atoms with Crippen LogP contribution in [0.3, 0.4) is 0 Å². The van der Waals surface area contributed by atoms with E-state index in [-0.39, 0.29) is 5.95 Å². The van der Waals surface area contributed by atoms with Crippen molar-refractivity contribution in [3.05, 3.63) is 6.20 Å². The Morgan fingerprint density at radius 1 is 1.50 bits per heavy atom. The van der Waals surface area contributed by atoms with Crippen LogP contribution in [0.5, 0.6) is 0 Å². The second kappa shape index (κ2) is 3.13. The van der Waals surface area contributed by atoms with Crippen LogP contribution in [0, 0.1) is 0 Å². The van der Waals surface area contributed by atoms with E-state index >= 15 is 0 Å². The number of nitrogens with zero attached hydrogens (tertiary/aromatic N) is 4. The van der Waals surface area contributed by atoms with Gasteiger partial charge in [0.25, 0.3) is 0 Å². The molecule has 6 nitrogen and oxygen atoms in total. The van der Waals surface area contributed by atoms with Crippen LogP contribution >= 0.6 is 0 Å². The van der Waals surface area contributed by atoms with Crippen molar-refractivity contribution in [2.45, 2.75) is 6.92 Å². The maximum atomic E-state index is 5.58. The van der Waals surface area contributed by atoms with Crippen LogP contribution in [0.25, 0.3) is 11.0 Å². The lowest BCUT2D eigenvalue weighted by Gasteiger charge is -2.15. The van der Waals surface area contributed by atoms with Crippen LogP contribution < -0.4 is 10.6 Å². The fourth-order valence-electron chi connectivity index (χ4n) is 1.28. The van der Waals surface area contributed by atoms with Crippen LogP contribution in [0.15, 0.2) is 6.20 Å². The standard InChI is InChI=1S/C8H12N6/c1-3-14(2)7-5-4-10-13-6(5)11-8(9)12-7/h4H,3H2,1-2H3,(H3,9,10,11,12,13). The topological polar surface area (TPSA) is 83.7 Å². The highest BCUT2D eigenvalue weighted by Gasteiger charge is 2.10. The summed E-state index contributed by atoms with van der Waals surface area (Å²) in [7, 11) is 1.95. The normalized spacial score (nSPS) is 10.7. The number of nitrogens with one attached hydrogen (secondary N) is 1. The summed E-state index contributed by atoms with van der Waals surface area (Å²) in [4.78, 5) is 10.2. The highest BCUT2D eigenvalue weighted by molar-refractivity contribution is 5.87. The third-order valence-corrected chi connectivity index (χ3v) is 2.14. The minimum atomic E-state index is 0.261.